The molecule has 7 nitrogen and oxygen atoms in total. The fraction of sp³-hybridized carbons (Fsp3) is 0.333. The van der Waals surface area contributed by atoms with Crippen LogP contribution in [0, 0.1) is 6.92 Å². The number of aryl methyl sites for hydroxylation is 1. The first-order valence-corrected chi connectivity index (χ1v) is 7.82. The summed E-state index contributed by atoms with van der Waals surface area (Å²) in [5.41, 5.74) is 3.72. The quantitative estimate of drug-likeness (QED) is 0.745. The van der Waals surface area contributed by atoms with Gasteiger partial charge in [0.2, 0.25) is 0 Å². The number of anilines is 1. The zero-order chi connectivity index (χ0) is 15.8. The topological polar surface area (TPSA) is 92.5 Å². The molecule has 3 aromatic rings. The van der Waals surface area contributed by atoms with Crippen LogP contribution in [0.3, 0.4) is 0 Å². The number of aromatic amines is 1. The summed E-state index contributed by atoms with van der Waals surface area (Å²) in [6.07, 6.45) is 4.14. The number of H-pyrrole nitrogens is 1. The Morgan fingerprint density at radius 2 is 2.26 bits per heavy atom. The van der Waals surface area contributed by atoms with Crippen LogP contribution in [-0.4, -0.2) is 25.3 Å². The van der Waals surface area contributed by atoms with Gasteiger partial charge in [0.25, 0.3) is 5.89 Å². The fourth-order valence-corrected chi connectivity index (χ4v) is 2.66. The van der Waals surface area contributed by atoms with Crippen molar-refractivity contribution in [1.29, 1.82) is 0 Å². The standard InChI is InChI=1S/C15H15ClN6O/c1-8-19-15(23-22-8)12-5-4-10(6-18-12)17-7-11-13(9-2-3-9)20-21-14(11)16/h4-6,9,17H,2-3,7H2,1H3,(H,20,21). The molecule has 8 heteroatoms. The van der Waals surface area contributed by atoms with Gasteiger partial charge >= 0.3 is 0 Å². The van der Waals surface area contributed by atoms with E-state index < -0.39 is 0 Å². The van der Waals surface area contributed by atoms with Crippen LogP contribution in [0.4, 0.5) is 5.69 Å². The molecule has 0 aromatic carbocycles. The molecule has 1 aliphatic rings. The lowest BCUT2D eigenvalue weighted by Crippen LogP contribution is -2.02. The number of hydrogen-bond acceptors (Lipinski definition) is 6. The predicted molar refractivity (Wildman–Crippen MR) is 85.2 cm³/mol. The van der Waals surface area contributed by atoms with Crippen molar-refractivity contribution >= 4 is 17.3 Å². The SMILES string of the molecule is Cc1noc(-c2ccc(NCc3c(Cl)n[nH]c3C3CC3)cn2)n1. The third-order valence-corrected chi connectivity index (χ3v) is 4.13. The van der Waals surface area contributed by atoms with Crippen LogP contribution in [0.15, 0.2) is 22.9 Å². The minimum atomic E-state index is 0.419. The number of nitrogens with zero attached hydrogens (tertiary/aromatic N) is 4. The van der Waals surface area contributed by atoms with Gasteiger partial charge in [0.15, 0.2) is 11.0 Å². The third-order valence-electron chi connectivity index (χ3n) is 3.81. The number of aromatic nitrogens is 5. The highest BCUT2D eigenvalue weighted by Crippen LogP contribution is 2.42. The van der Waals surface area contributed by atoms with E-state index in [2.05, 4.69) is 30.6 Å². The van der Waals surface area contributed by atoms with Crippen molar-refractivity contribution < 1.29 is 4.52 Å². The molecule has 1 saturated carbocycles. The molecule has 3 aromatic heterocycles. The fourth-order valence-electron chi connectivity index (χ4n) is 2.45. The summed E-state index contributed by atoms with van der Waals surface area (Å²) in [4.78, 5) is 8.50. The maximum atomic E-state index is 6.17. The minimum Gasteiger partial charge on any atom is -0.380 e. The highest BCUT2D eigenvalue weighted by molar-refractivity contribution is 6.30. The highest BCUT2D eigenvalue weighted by atomic mass is 35.5. The van der Waals surface area contributed by atoms with Crippen LogP contribution in [0.2, 0.25) is 5.15 Å². The first kappa shape index (κ1) is 14.2. The van der Waals surface area contributed by atoms with E-state index in [1.165, 1.54) is 12.8 Å². The monoisotopic (exact) mass is 330 g/mol. The lowest BCUT2D eigenvalue weighted by molar-refractivity contribution is 0.424. The summed E-state index contributed by atoms with van der Waals surface area (Å²) < 4.78 is 5.10. The van der Waals surface area contributed by atoms with Crippen LogP contribution >= 0.6 is 11.6 Å². The van der Waals surface area contributed by atoms with E-state index in [1.807, 2.05) is 12.1 Å². The van der Waals surface area contributed by atoms with Gasteiger partial charge in [-0.2, -0.15) is 10.1 Å². The van der Waals surface area contributed by atoms with Crippen LogP contribution in [-0.2, 0) is 6.54 Å². The zero-order valence-electron chi connectivity index (χ0n) is 12.5. The molecule has 4 rings (SSSR count). The summed E-state index contributed by atoms with van der Waals surface area (Å²) in [5.74, 6) is 1.59. The number of pyridine rings is 1. The van der Waals surface area contributed by atoms with Crippen molar-refractivity contribution in [3.8, 4) is 11.6 Å². The van der Waals surface area contributed by atoms with E-state index in [9.17, 15) is 0 Å². The lowest BCUT2D eigenvalue weighted by atomic mass is 10.2. The van der Waals surface area contributed by atoms with Crippen molar-refractivity contribution in [2.75, 3.05) is 5.32 Å². The average molecular weight is 331 g/mol. The molecule has 0 aliphatic heterocycles. The van der Waals surface area contributed by atoms with Gasteiger partial charge in [0.05, 0.1) is 11.9 Å². The van der Waals surface area contributed by atoms with E-state index in [4.69, 9.17) is 16.1 Å². The van der Waals surface area contributed by atoms with Crippen LogP contribution in [0.25, 0.3) is 11.6 Å². The highest BCUT2D eigenvalue weighted by Gasteiger charge is 2.29. The molecule has 1 aliphatic carbocycles. The normalized spacial score (nSPS) is 14.2. The summed E-state index contributed by atoms with van der Waals surface area (Å²) in [6.45, 7) is 2.39. The lowest BCUT2D eigenvalue weighted by Gasteiger charge is -2.07. The molecule has 118 valence electrons. The minimum absolute atomic E-state index is 0.419. The molecule has 1 fully saturated rings. The Hall–Kier alpha value is -2.41. The Labute approximate surface area is 137 Å². The van der Waals surface area contributed by atoms with Gasteiger partial charge < -0.3 is 9.84 Å². The van der Waals surface area contributed by atoms with Crippen molar-refractivity contribution in [3.63, 3.8) is 0 Å². The molecule has 0 atom stereocenters. The van der Waals surface area contributed by atoms with E-state index >= 15 is 0 Å². The molecular weight excluding hydrogens is 316 g/mol. The van der Waals surface area contributed by atoms with Crippen molar-refractivity contribution in [2.24, 2.45) is 0 Å². The second kappa shape index (κ2) is 5.66. The van der Waals surface area contributed by atoms with Crippen LogP contribution < -0.4 is 5.32 Å². The largest absolute Gasteiger partial charge is 0.380 e. The van der Waals surface area contributed by atoms with E-state index in [-0.39, 0.29) is 0 Å². The maximum absolute atomic E-state index is 6.17. The average Bonchev–Trinajstić information content (AvgIpc) is 3.21. The van der Waals surface area contributed by atoms with Crippen molar-refractivity contribution in [1.82, 2.24) is 25.3 Å². The molecule has 0 radical (unpaired) electrons. The summed E-state index contributed by atoms with van der Waals surface area (Å²) in [6, 6.07) is 3.76. The molecule has 23 heavy (non-hydrogen) atoms. The van der Waals surface area contributed by atoms with Crippen LogP contribution in [0.5, 0.6) is 0 Å². The third kappa shape index (κ3) is 2.92. The summed E-state index contributed by atoms with van der Waals surface area (Å²) >= 11 is 6.17. The second-order valence-electron chi connectivity index (χ2n) is 5.61. The maximum Gasteiger partial charge on any atom is 0.276 e. The Balaban J connectivity index is 1.46. The number of halogens is 1. The summed E-state index contributed by atoms with van der Waals surface area (Å²) in [5, 5.41) is 14.8. The van der Waals surface area contributed by atoms with Gasteiger partial charge in [-0.25, -0.2) is 4.98 Å². The molecule has 0 saturated heterocycles. The molecule has 2 N–H and O–H groups in total. The van der Waals surface area contributed by atoms with Crippen molar-refractivity contribution in [2.45, 2.75) is 32.2 Å². The van der Waals surface area contributed by atoms with E-state index in [1.54, 1.807) is 13.1 Å². The molecule has 0 unspecified atom stereocenters. The number of rotatable bonds is 5. The second-order valence-corrected chi connectivity index (χ2v) is 5.97. The van der Waals surface area contributed by atoms with E-state index in [0.29, 0.717) is 35.0 Å². The molecule has 0 amide bonds. The summed E-state index contributed by atoms with van der Waals surface area (Å²) in [7, 11) is 0. The molecule has 3 heterocycles. The Morgan fingerprint density at radius 3 is 2.91 bits per heavy atom. The molecule has 0 bridgehead atoms. The van der Waals surface area contributed by atoms with E-state index in [0.717, 1.165) is 16.9 Å². The number of hydrogen-bond donors (Lipinski definition) is 2. The van der Waals surface area contributed by atoms with Gasteiger partial charge in [-0.3, -0.25) is 5.10 Å². The predicted octanol–water partition coefficient (Wildman–Crippen LogP) is 3.31. The molecular formula is C15H15ClN6O. The van der Waals surface area contributed by atoms with Crippen molar-refractivity contribution in [3.05, 3.63) is 40.6 Å². The van der Waals surface area contributed by atoms with Gasteiger partial charge in [0, 0.05) is 23.7 Å². The Kier molecular flexibility index (Phi) is 3.49. The smallest absolute Gasteiger partial charge is 0.276 e. The van der Waals surface area contributed by atoms with Gasteiger partial charge in [-0.05, 0) is 31.9 Å². The van der Waals surface area contributed by atoms with Gasteiger partial charge in [-0.1, -0.05) is 16.8 Å². The first-order chi connectivity index (χ1) is 11.2. The van der Waals surface area contributed by atoms with Gasteiger partial charge in [-0.15, -0.1) is 0 Å². The first-order valence-electron chi connectivity index (χ1n) is 7.44. The Bertz CT molecular complexity index is 821. The number of nitrogens with one attached hydrogen (secondary N) is 2. The van der Waals surface area contributed by atoms with Gasteiger partial charge in [0.1, 0.15) is 5.69 Å². The molecule has 0 spiro atoms. The van der Waals surface area contributed by atoms with Crippen LogP contribution in [0.1, 0.15) is 35.8 Å². The Morgan fingerprint density at radius 1 is 1.39 bits per heavy atom. The zero-order valence-corrected chi connectivity index (χ0v) is 13.3.